The minimum Gasteiger partial charge on any atom is -0.368 e. The molecule has 8 nitrogen and oxygen atoms in total. The van der Waals surface area contributed by atoms with E-state index in [1.165, 1.54) is 12.1 Å². The van der Waals surface area contributed by atoms with Crippen LogP contribution in [-0.4, -0.2) is 52.3 Å². The largest absolute Gasteiger partial charge is 0.368 e. The number of benzene rings is 4. The summed E-state index contributed by atoms with van der Waals surface area (Å²) in [7, 11) is -4.10. The quantitative estimate of drug-likeness (QED) is 0.103. The van der Waals surface area contributed by atoms with Crippen molar-refractivity contribution in [3.05, 3.63) is 150 Å². The van der Waals surface area contributed by atoms with E-state index in [1.807, 2.05) is 97.9 Å². The van der Waals surface area contributed by atoms with Crippen molar-refractivity contribution in [2.75, 3.05) is 13.2 Å². The predicted octanol–water partition coefficient (Wildman–Crippen LogP) is 6.38. The Hall–Kier alpha value is -3.67. The van der Waals surface area contributed by atoms with Crippen molar-refractivity contribution in [3.63, 3.8) is 0 Å². The lowest BCUT2D eigenvalue weighted by Crippen LogP contribution is -2.61. The summed E-state index contributed by atoms with van der Waals surface area (Å²) in [6, 6.07) is 35.7. The number of aryl methyl sites for hydroxylation is 1. The summed E-state index contributed by atoms with van der Waals surface area (Å²) in [5.41, 5.74) is 3.79. The summed E-state index contributed by atoms with van der Waals surface area (Å²) in [5.74, 6) is 0. The van der Waals surface area contributed by atoms with Crippen molar-refractivity contribution < 1.29 is 36.3 Å². The smallest absolute Gasteiger partial charge is 0.297 e. The average Bonchev–Trinajstić information content (AvgIpc) is 3.09. The van der Waals surface area contributed by atoms with Crippen LogP contribution in [0.15, 0.2) is 133 Å². The Morgan fingerprint density at radius 1 is 0.652 bits per heavy atom. The molecule has 5 atom stereocenters. The van der Waals surface area contributed by atoms with Gasteiger partial charge in [-0.15, -0.1) is 6.58 Å². The van der Waals surface area contributed by atoms with E-state index >= 15 is 0 Å². The molecule has 1 saturated heterocycles. The third-order valence-electron chi connectivity index (χ3n) is 7.52. The molecule has 9 heteroatoms. The molecule has 1 aliphatic heterocycles. The second kappa shape index (κ2) is 16.8. The van der Waals surface area contributed by atoms with Gasteiger partial charge in [-0.05, 0) is 35.7 Å². The second-order valence-corrected chi connectivity index (χ2v) is 12.6. The molecule has 0 N–H and O–H groups in total. The van der Waals surface area contributed by atoms with Gasteiger partial charge in [0.2, 0.25) is 0 Å². The highest BCUT2D eigenvalue weighted by Crippen LogP contribution is 2.32. The summed E-state index contributed by atoms with van der Waals surface area (Å²) in [6.07, 6.45) is -2.48. The summed E-state index contributed by atoms with van der Waals surface area (Å²) < 4.78 is 64.2. The van der Waals surface area contributed by atoms with Gasteiger partial charge in [0.25, 0.3) is 10.1 Å². The first-order valence-electron chi connectivity index (χ1n) is 15.2. The van der Waals surface area contributed by atoms with Gasteiger partial charge in [0, 0.05) is 0 Å². The van der Waals surface area contributed by atoms with Crippen molar-refractivity contribution in [1.29, 1.82) is 0 Å². The molecule has 0 saturated carbocycles. The summed E-state index contributed by atoms with van der Waals surface area (Å²) in [6.45, 7) is 6.26. The van der Waals surface area contributed by atoms with Crippen molar-refractivity contribution in [1.82, 2.24) is 0 Å². The van der Waals surface area contributed by atoms with Gasteiger partial charge in [-0.2, -0.15) is 8.42 Å². The van der Waals surface area contributed by atoms with Gasteiger partial charge in [0.1, 0.15) is 24.4 Å². The van der Waals surface area contributed by atoms with E-state index in [0.717, 1.165) is 22.3 Å². The molecular formula is C37H40O8S. The van der Waals surface area contributed by atoms with E-state index in [4.69, 9.17) is 27.9 Å². The Morgan fingerprint density at radius 3 is 1.63 bits per heavy atom. The summed E-state index contributed by atoms with van der Waals surface area (Å²) in [4.78, 5) is 0.0519. The lowest BCUT2D eigenvalue weighted by Gasteiger charge is -2.45. The zero-order chi connectivity index (χ0) is 32.2. The van der Waals surface area contributed by atoms with Crippen LogP contribution in [0.2, 0.25) is 0 Å². The van der Waals surface area contributed by atoms with E-state index in [0.29, 0.717) is 0 Å². The number of ether oxygens (including phenoxy) is 5. The van der Waals surface area contributed by atoms with E-state index in [-0.39, 0.29) is 37.9 Å². The van der Waals surface area contributed by atoms with Crippen LogP contribution in [0.3, 0.4) is 0 Å². The van der Waals surface area contributed by atoms with Gasteiger partial charge in [-0.25, -0.2) is 0 Å². The Labute approximate surface area is 271 Å². The first-order valence-corrected chi connectivity index (χ1v) is 16.6. The minimum atomic E-state index is -4.10. The third kappa shape index (κ3) is 9.43. The van der Waals surface area contributed by atoms with Crippen LogP contribution in [0, 0.1) is 6.92 Å². The lowest BCUT2D eigenvalue weighted by molar-refractivity contribution is -0.323. The van der Waals surface area contributed by atoms with Gasteiger partial charge >= 0.3 is 0 Å². The highest BCUT2D eigenvalue weighted by Gasteiger charge is 2.49. The van der Waals surface area contributed by atoms with E-state index in [1.54, 1.807) is 18.2 Å². The molecule has 1 heterocycles. The van der Waals surface area contributed by atoms with Crippen LogP contribution in [0.25, 0.3) is 0 Å². The maximum atomic E-state index is 13.2. The number of rotatable bonds is 16. The Bertz CT molecular complexity index is 1580. The van der Waals surface area contributed by atoms with Crippen molar-refractivity contribution in [2.24, 2.45) is 0 Å². The van der Waals surface area contributed by atoms with Gasteiger partial charge in [0.05, 0.1) is 37.9 Å². The molecule has 0 aliphatic carbocycles. The zero-order valence-electron chi connectivity index (χ0n) is 25.9. The highest BCUT2D eigenvalue weighted by molar-refractivity contribution is 7.86. The van der Waals surface area contributed by atoms with Crippen molar-refractivity contribution in [3.8, 4) is 0 Å². The molecule has 0 aromatic heterocycles. The van der Waals surface area contributed by atoms with Gasteiger partial charge in [-0.1, -0.05) is 115 Å². The molecular weight excluding hydrogens is 604 g/mol. The van der Waals surface area contributed by atoms with Crippen molar-refractivity contribution >= 4 is 10.1 Å². The van der Waals surface area contributed by atoms with Crippen LogP contribution in [-0.2, 0) is 57.8 Å². The molecule has 0 amide bonds. The average molecular weight is 645 g/mol. The summed E-state index contributed by atoms with van der Waals surface area (Å²) in [5, 5.41) is 0. The van der Waals surface area contributed by atoms with Crippen LogP contribution in [0.1, 0.15) is 22.3 Å². The molecule has 4 aromatic carbocycles. The molecule has 0 radical (unpaired) electrons. The Balaban J connectivity index is 1.46. The van der Waals surface area contributed by atoms with E-state index in [2.05, 4.69) is 6.58 Å². The van der Waals surface area contributed by atoms with Gasteiger partial charge in [-0.3, -0.25) is 4.18 Å². The van der Waals surface area contributed by atoms with Gasteiger partial charge in [0.15, 0.2) is 6.29 Å². The number of hydrogen-bond donors (Lipinski definition) is 0. The molecule has 0 bridgehead atoms. The first-order chi connectivity index (χ1) is 22.4. The predicted molar refractivity (Wildman–Crippen MR) is 174 cm³/mol. The van der Waals surface area contributed by atoms with Crippen LogP contribution in [0.5, 0.6) is 0 Å². The zero-order valence-corrected chi connectivity index (χ0v) is 26.7. The maximum Gasteiger partial charge on any atom is 0.297 e. The molecule has 5 rings (SSSR count). The molecule has 4 aromatic rings. The highest BCUT2D eigenvalue weighted by atomic mass is 32.2. The second-order valence-electron chi connectivity index (χ2n) is 11.0. The van der Waals surface area contributed by atoms with Crippen LogP contribution < -0.4 is 0 Å². The van der Waals surface area contributed by atoms with Crippen LogP contribution in [0.4, 0.5) is 0 Å². The summed E-state index contributed by atoms with van der Waals surface area (Å²) >= 11 is 0. The van der Waals surface area contributed by atoms with Crippen molar-refractivity contribution in [2.45, 2.75) is 62.3 Å². The molecule has 1 unspecified atom stereocenters. The maximum absolute atomic E-state index is 13.2. The molecule has 0 spiro atoms. The topological polar surface area (TPSA) is 89.5 Å². The fraction of sp³-hybridized carbons (Fsp3) is 0.297. The molecule has 46 heavy (non-hydrogen) atoms. The van der Waals surface area contributed by atoms with Crippen LogP contribution >= 0.6 is 0 Å². The molecule has 1 aliphatic rings. The lowest BCUT2D eigenvalue weighted by atomic mass is 9.98. The minimum absolute atomic E-state index is 0.0519. The Kier molecular flexibility index (Phi) is 12.3. The van der Waals surface area contributed by atoms with Gasteiger partial charge < -0.3 is 23.7 Å². The van der Waals surface area contributed by atoms with E-state index in [9.17, 15) is 8.42 Å². The molecule has 1 fully saturated rings. The first kappa shape index (κ1) is 33.7. The standard InChI is InChI=1S/C37H40O8S/c1-3-23-40-37-36(43-26-31-17-11-6-12-18-31)35(42-25-30-15-9-5-10-16-30)34(41-24-29-13-7-4-8-14-29)33(45-37)27-44-46(38,39)32-21-19-28(2)20-22-32/h3-22,33-37H,1,23-27H2,2H3/t33-,34?,35+,36-,37+/m1/s1. The fourth-order valence-electron chi connectivity index (χ4n) is 5.11. The molecule has 242 valence electrons. The monoisotopic (exact) mass is 644 g/mol. The SMILES string of the molecule is C=CCO[C@H]1O[C@H](COS(=O)(=O)c2ccc(C)cc2)C(OCc2ccccc2)[C@H](OCc2ccccc2)[C@H]1OCc1ccccc1. The normalized spacial score (nSPS) is 21.5. The van der Waals surface area contributed by atoms with E-state index < -0.39 is 40.8 Å². The fourth-order valence-corrected chi connectivity index (χ4v) is 6.03. The third-order valence-corrected chi connectivity index (χ3v) is 8.82. The number of hydrogen-bond acceptors (Lipinski definition) is 8. The Morgan fingerprint density at radius 2 is 1.13 bits per heavy atom.